The zero-order chi connectivity index (χ0) is 14.0. The molecule has 18 heavy (non-hydrogen) atoms. The van der Waals surface area contributed by atoms with Crippen LogP contribution in [0.4, 0.5) is 0 Å². The number of nitrogens with one attached hydrogen (secondary N) is 1. The van der Waals surface area contributed by atoms with Crippen molar-refractivity contribution in [1.82, 2.24) is 5.32 Å². The first kappa shape index (κ1) is 17.1. The molecule has 4 heteroatoms. The molecule has 1 N–H and O–H groups in total. The van der Waals surface area contributed by atoms with Crippen molar-refractivity contribution in [2.75, 3.05) is 19.8 Å². The summed E-state index contributed by atoms with van der Waals surface area (Å²) in [7, 11) is 0. The second kappa shape index (κ2) is 10.1. The van der Waals surface area contributed by atoms with Gasteiger partial charge in [-0.05, 0) is 12.3 Å². The first-order valence-corrected chi connectivity index (χ1v) is 6.80. The number of hydrogen-bond donors (Lipinski definition) is 1. The summed E-state index contributed by atoms with van der Waals surface area (Å²) in [6.07, 6.45) is 1.65. The fourth-order valence-electron chi connectivity index (χ4n) is 1.30. The Kier molecular flexibility index (Phi) is 9.56. The second-order valence-corrected chi connectivity index (χ2v) is 5.27. The summed E-state index contributed by atoms with van der Waals surface area (Å²) in [4.78, 5) is 22.7. The average molecular weight is 257 g/mol. The molecule has 0 rings (SSSR count). The Morgan fingerprint density at radius 2 is 1.72 bits per heavy atom. The van der Waals surface area contributed by atoms with E-state index in [9.17, 15) is 9.59 Å². The Bertz CT molecular complexity index is 249. The van der Waals surface area contributed by atoms with E-state index in [-0.39, 0.29) is 24.0 Å². The Labute approximate surface area is 110 Å². The summed E-state index contributed by atoms with van der Waals surface area (Å²) in [6.45, 7) is 9.79. The minimum Gasteiger partial charge on any atom is -0.380 e. The second-order valence-electron chi connectivity index (χ2n) is 5.27. The predicted octanol–water partition coefficient (Wildman–Crippen LogP) is 2.17. The molecular weight excluding hydrogens is 230 g/mol. The molecule has 0 fully saturated rings. The molecule has 0 aromatic rings. The molecule has 0 aromatic carbocycles. The number of carbonyl (C=O) groups is 2. The lowest BCUT2D eigenvalue weighted by atomic mass is 10.0. The molecule has 0 aliphatic heterocycles. The van der Waals surface area contributed by atoms with E-state index in [1.807, 2.05) is 13.8 Å². The Morgan fingerprint density at radius 3 is 2.28 bits per heavy atom. The molecule has 0 radical (unpaired) electrons. The number of ether oxygens (including phenoxy) is 1. The van der Waals surface area contributed by atoms with Crippen LogP contribution in [0.2, 0.25) is 0 Å². The summed E-state index contributed by atoms with van der Waals surface area (Å²) in [5.74, 6) is 0.716. The van der Waals surface area contributed by atoms with Gasteiger partial charge in [-0.1, -0.05) is 27.7 Å². The monoisotopic (exact) mass is 257 g/mol. The molecule has 0 aromatic heterocycles. The topological polar surface area (TPSA) is 55.4 Å². The SMILES string of the molecule is CC(C)CCOCCNC(=O)CCC(=O)C(C)C. The van der Waals surface area contributed by atoms with Gasteiger partial charge in [0.15, 0.2) is 0 Å². The molecule has 0 aliphatic carbocycles. The summed E-state index contributed by atoms with van der Waals surface area (Å²) in [6, 6.07) is 0. The average Bonchev–Trinajstić information content (AvgIpc) is 2.29. The first-order valence-electron chi connectivity index (χ1n) is 6.80. The van der Waals surface area contributed by atoms with Crippen LogP contribution in [0.25, 0.3) is 0 Å². The van der Waals surface area contributed by atoms with Crippen LogP contribution in [0.1, 0.15) is 47.0 Å². The fourth-order valence-corrected chi connectivity index (χ4v) is 1.30. The van der Waals surface area contributed by atoms with Crippen molar-refractivity contribution in [2.24, 2.45) is 11.8 Å². The summed E-state index contributed by atoms with van der Waals surface area (Å²) >= 11 is 0. The number of Topliss-reactive ketones (excluding diaryl/α,β-unsaturated/α-hetero) is 1. The minimum absolute atomic E-state index is 0.0113. The number of carbonyl (C=O) groups excluding carboxylic acids is 2. The highest BCUT2D eigenvalue weighted by atomic mass is 16.5. The third kappa shape index (κ3) is 10.3. The highest BCUT2D eigenvalue weighted by molar-refractivity contribution is 5.85. The molecule has 1 amide bonds. The third-order valence-corrected chi connectivity index (χ3v) is 2.65. The molecule has 0 spiro atoms. The fraction of sp³-hybridized carbons (Fsp3) is 0.857. The van der Waals surface area contributed by atoms with Crippen molar-refractivity contribution in [2.45, 2.75) is 47.0 Å². The molecule has 0 unspecified atom stereocenters. The van der Waals surface area contributed by atoms with Crippen molar-refractivity contribution in [3.63, 3.8) is 0 Å². The van der Waals surface area contributed by atoms with E-state index in [4.69, 9.17) is 4.74 Å². The van der Waals surface area contributed by atoms with Gasteiger partial charge in [0.25, 0.3) is 0 Å². The molecule has 0 saturated carbocycles. The van der Waals surface area contributed by atoms with Crippen LogP contribution in [-0.4, -0.2) is 31.4 Å². The highest BCUT2D eigenvalue weighted by Gasteiger charge is 2.09. The van der Waals surface area contributed by atoms with Gasteiger partial charge in [-0.15, -0.1) is 0 Å². The van der Waals surface area contributed by atoms with Crippen LogP contribution in [-0.2, 0) is 14.3 Å². The van der Waals surface area contributed by atoms with Gasteiger partial charge in [-0.3, -0.25) is 9.59 Å². The van der Waals surface area contributed by atoms with Crippen LogP contribution in [0, 0.1) is 11.8 Å². The van der Waals surface area contributed by atoms with E-state index < -0.39 is 0 Å². The number of amides is 1. The Hall–Kier alpha value is -0.900. The summed E-state index contributed by atoms with van der Waals surface area (Å²) in [5.41, 5.74) is 0. The van der Waals surface area contributed by atoms with E-state index in [2.05, 4.69) is 19.2 Å². The van der Waals surface area contributed by atoms with E-state index in [1.165, 1.54) is 0 Å². The van der Waals surface area contributed by atoms with Crippen molar-refractivity contribution in [1.29, 1.82) is 0 Å². The van der Waals surface area contributed by atoms with E-state index >= 15 is 0 Å². The largest absolute Gasteiger partial charge is 0.380 e. The lowest BCUT2D eigenvalue weighted by Crippen LogP contribution is -2.28. The van der Waals surface area contributed by atoms with E-state index in [0.29, 0.717) is 25.5 Å². The molecule has 0 saturated heterocycles. The minimum atomic E-state index is -0.0727. The maximum atomic E-state index is 11.4. The smallest absolute Gasteiger partial charge is 0.220 e. The van der Waals surface area contributed by atoms with Crippen LogP contribution in [0.3, 0.4) is 0 Å². The molecule has 0 aliphatic rings. The van der Waals surface area contributed by atoms with Gasteiger partial charge in [0.2, 0.25) is 5.91 Å². The summed E-state index contributed by atoms with van der Waals surface area (Å²) in [5, 5.41) is 2.75. The molecule has 4 nitrogen and oxygen atoms in total. The van der Waals surface area contributed by atoms with Crippen molar-refractivity contribution >= 4 is 11.7 Å². The molecule has 0 heterocycles. The Balaban J connectivity index is 3.40. The van der Waals surface area contributed by atoms with Gasteiger partial charge < -0.3 is 10.1 Å². The van der Waals surface area contributed by atoms with Crippen LogP contribution < -0.4 is 5.32 Å². The molecular formula is C14H27NO3. The molecule has 106 valence electrons. The van der Waals surface area contributed by atoms with Crippen LogP contribution in [0.5, 0.6) is 0 Å². The normalized spacial score (nSPS) is 11.0. The first-order chi connectivity index (χ1) is 8.43. The van der Waals surface area contributed by atoms with Crippen molar-refractivity contribution < 1.29 is 14.3 Å². The van der Waals surface area contributed by atoms with Crippen LogP contribution in [0.15, 0.2) is 0 Å². The number of rotatable bonds is 10. The Morgan fingerprint density at radius 1 is 1.06 bits per heavy atom. The van der Waals surface area contributed by atoms with Crippen molar-refractivity contribution in [3.05, 3.63) is 0 Å². The van der Waals surface area contributed by atoms with E-state index in [1.54, 1.807) is 0 Å². The zero-order valence-corrected chi connectivity index (χ0v) is 12.1. The van der Waals surface area contributed by atoms with Gasteiger partial charge in [-0.2, -0.15) is 0 Å². The molecule has 0 bridgehead atoms. The number of hydrogen-bond acceptors (Lipinski definition) is 3. The maximum Gasteiger partial charge on any atom is 0.220 e. The van der Waals surface area contributed by atoms with Gasteiger partial charge in [0.1, 0.15) is 5.78 Å². The van der Waals surface area contributed by atoms with Gasteiger partial charge in [0.05, 0.1) is 6.61 Å². The quantitative estimate of drug-likeness (QED) is 0.610. The number of ketones is 1. The predicted molar refractivity (Wildman–Crippen MR) is 72.4 cm³/mol. The van der Waals surface area contributed by atoms with Gasteiger partial charge in [0, 0.05) is 31.9 Å². The zero-order valence-electron chi connectivity index (χ0n) is 12.1. The van der Waals surface area contributed by atoms with E-state index in [0.717, 1.165) is 13.0 Å². The van der Waals surface area contributed by atoms with Gasteiger partial charge in [-0.25, -0.2) is 0 Å². The third-order valence-electron chi connectivity index (χ3n) is 2.65. The van der Waals surface area contributed by atoms with Crippen LogP contribution >= 0.6 is 0 Å². The molecule has 0 atom stereocenters. The van der Waals surface area contributed by atoms with Gasteiger partial charge >= 0.3 is 0 Å². The maximum absolute atomic E-state index is 11.4. The standard InChI is InChI=1S/C14H27NO3/c1-11(2)7-9-18-10-8-15-14(17)6-5-13(16)12(3)4/h11-12H,5-10H2,1-4H3,(H,15,17). The summed E-state index contributed by atoms with van der Waals surface area (Å²) < 4.78 is 5.38. The van der Waals surface area contributed by atoms with Crippen molar-refractivity contribution in [3.8, 4) is 0 Å². The highest BCUT2D eigenvalue weighted by Crippen LogP contribution is 2.01. The lowest BCUT2D eigenvalue weighted by molar-refractivity contribution is -0.126. The lowest BCUT2D eigenvalue weighted by Gasteiger charge is -2.08.